The molecule has 0 fully saturated rings. The number of rotatable bonds is 0. The lowest BCUT2D eigenvalue weighted by Gasteiger charge is -2.12. The van der Waals surface area contributed by atoms with Crippen LogP contribution in [0, 0.1) is 0 Å². The van der Waals surface area contributed by atoms with E-state index in [4.69, 9.17) is 4.98 Å². The normalized spacial score (nSPS) is 13.5. The van der Waals surface area contributed by atoms with Crippen molar-refractivity contribution in [1.82, 2.24) is 14.4 Å². The van der Waals surface area contributed by atoms with Gasteiger partial charge in [-0.15, -0.1) is 0 Å². The number of hydrogen-bond donors (Lipinski definition) is 0. The van der Waals surface area contributed by atoms with Crippen molar-refractivity contribution in [2.45, 2.75) is 12.8 Å². The highest BCUT2D eigenvalue weighted by molar-refractivity contribution is 6.13. The second kappa shape index (κ2) is 5.38. The Balaban J connectivity index is 1.49. The van der Waals surface area contributed by atoms with Gasteiger partial charge in [0, 0.05) is 29.4 Å². The molecule has 2 aliphatic rings. The highest BCUT2D eigenvalue weighted by Gasteiger charge is 2.29. The van der Waals surface area contributed by atoms with E-state index in [0.717, 1.165) is 24.0 Å². The molecule has 2 aliphatic carbocycles. The van der Waals surface area contributed by atoms with Gasteiger partial charge in [0.1, 0.15) is 5.65 Å². The summed E-state index contributed by atoms with van der Waals surface area (Å²) in [6, 6.07) is 20.4. The minimum Gasteiger partial charge on any atom is -0.298 e. The summed E-state index contributed by atoms with van der Waals surface area (Å²) < 4.78 is 2.16. The van der Waals surface area contributed by atoms with Gasteiger partial charge in [-0.1, -0.05) is 36.4 Å². The van der Waals surface area contributed by atoms with Crippen molar-refractivity contribution in [3.8, 4) is 22.3 Å². The van der Waals surface area contributed by atoms with Crippen LogP contribution in [0.4, 0.5) is 0 Å². The van der Waals surface area contributed by atoms with Gasteiger partial charge in [-0.2, -0.15) is 0 Å². The fraction of sp³-hybridized carbons (Fsp3) is 0.0714. The Labute approximate surface area is 178 Å². The number of fused-ring (bicyclic) bond motifs is 13. The number of imidazole rings is 1. The third-order valence-corrected chi connectivity index (χ3v) is 7.20. The molecule has 0 spiro atoms. The molecular weight excluding hydrogens is 378 g/mol. The summed E-state index contributed by atoms with van der Waals surface area (Å²) in [5.74, 6) is 0. The lowest BCUT2D eigenvalue weighted by atomic mass is 9.93. The molecule has 3 aromatic carbocycles. The number of nitrogens with zero attached hydrogens (tertiary/aromatic N) is 3. The van der Waals surface area contributed by atoms with Gasteiger partial charge in [-0.05, 0) is 80.9 Å². The van der Waals surface area contributed by atoms with Crippen molar-refractivity contribution in [3.05, 3.63) is 102 Å². The van der Waals surface area contributed by atoms with Crippen LogP contribution in [0.1, 0.15) is 22.3 Å². The molecule has 31 heavy (non-hydrogen) atoms. The van der Waals surface area contributed by atoms with Crippen molar-refractivity contribution >= 4 is 27.3 Å². The predicted molar refractivity (Wildman–Crippen MR) is 124 cm³/mol. The van der Waals surface area contributed by atoms with Gasteiger partial charge < -0.3 is 0 Å². The van der Waals surface area contributed by atoms with Crippen LogP contribution < -0.4 is 0 Å². The first-order valence-electron chi connectivity index (χ1n) is 10.8. The smallest absolute Gasteiger partial charge is 0.145 e. The van der Waals surface area contributed by atoms with E-state index in [1.165, 1.54) is 60.7 Å². The maximum Gasteiger partial charge on any atom is 0.145 e. The molecule has 0 unspecified atom stereocenters. The molecule has 3 nitrogen and oxygen atoms in total. The standard InChI is InChI=1S/C28H17N3/c1-2-4-19-16(3-1)12-24-20(19)6-5-17-11-18-13-25-23(14-22(18)27(17)24)21-7-8-29-15-26(21)31-10-9-30-28(25)31/h1-10,13-15H,11-12H2. The molecule has 3 aromatic heterocycles. The topological polar surface area (TPSA) is 30.2 Å². The Bertz CT molecular complexity index is 1740. The molecule has 3 heteroatoms. The van der Waals surface area contributed by atoms with Crippen molar-refractivity contribution < 1.29 is 0 Å². The predicted octanol–water partition coefficient (Wildman–Crippen LogP) is 6.18. The van der Waals surface area contributed by atoms with E-state index in [9.17, 15) is 0 Å². The second-order valence-corrected chi connectivity index (χ2v) is 8.71. The maximum atomic E-state index is 4.69. The summed E-state index contributed by atoms with van der Waals surface area (Å²) in [4.78, 5) is 9.07. The summed E-state index contributed by atoms with van der Waals surface area (Å²) in [5.41, 5.74) is 13.5. The van der Waals surface area contributed by atoms with Crippen LogP contribution in [0.25, 0.3) is 49.6 Å². The summed E-state index contributed by atoms with van der Waals surface area (Å²) in [6.45, 7) is 0. The lowest BCUT2D eigenvalue weighted by molar-refractivity contribution is 1.23. The van der Waals surface area contributed by atoms with Gasteiger partial charge in [0.25, 0.3) is 0 Å². The van der Waals surface area contributed by atoms with Crippen molar-refractivity contribution in [3.63, 3.8) is 0 Å². The fourth-order valence-electron chi connectivity index (χ4n) is 5.88. The van der Waals surface area contributed by atoms with E-state index in [1.54, 1.807) is 0 Å². The Morgan fingerprint density at radius 2 is 1.68 bits per heavy atom. The van der Waals surface area contributed by atoms with Crippen molar-refractivity contribution in [2.24, 2.45) is 0 Å². The van der Waals surface area contributed by atoms with E-state index in [0.29, 0.717) is 0 Å². The first kappa shape index (κ1) is 15.8. The van der Waals surface area contributed by atoms with Crippen molar-refractivity contribution in [1.29, 1.82) is 0 Å². The third kappa shape index (κ3) is 1.89. The summed E-state index contributed by atoms with van der Waals surface area (Å²) in [6.07, 6.45) is 9.76. The second-order valence-electron chi connectivity index (χ2n) is 8.71. The van der Waals surface area contributed by atoms with Crippen LogP contribution in [0.3, 0.4) is 0 Å². The van der Waals surface area contributed by atoms with Gasteiger partial charge in [0.2, 0.25) is 0 Å². The van der Waals surface area contributed by atoms with Gasteiger partial charge in [-0.25, -0.2) is 4.98 Å². The Morgan fingerprint density at radius 1 is 0.710 bits per heavy atom. The highest BCUT2D eigenvalue weighted by atomic mass is 15.0. The van der Waals surface area contributed by atoms with E-state index < -0.39 is 0 Å². The average molecular weight is 395 g/mol. The van der Waals surface area contributed by atoms with E-state index >= 15 is 0 Å². The Hall–Kier alpha value is -3.98. The molecule has 0 saturated heterocycles. The lowest BCUT2D eigenvalue weighted by Crippen LogP contribution is -1.93. The molecule has 3 heterocycles. The zero-order valence-electron chi connectivity index (χ0n) is 16.8. The monoisotopic (exact) mass is 395 g/mol. The molecule has 6 aromatic rings. The van der Waals surface area contributed by atoms with Gasteiger partial charge >= 0.3 is 0 Å². The van der Waals surface area contributed by atoms with Gasteiger partial charge in [-0.3, -0.25) is 9.38 Å². The zero-order chi connectivity index (χ0) is 20.1. The van der Waals surface area contributed by atoms with Gasteiger partial charge in [0.05, 0.1) is 11.7 Å². The first-order chi connectivity index (χ1) is 15.4. The average Bonchev–Trinajstić information content (AvgIpc) is 3.52. The number of pyridine rings is 2. The molecule has 0 aliphatic heterocycles. The van der Waals surface area contributed by atoms with Crippen LogP contribution in [-0.2, 0) is 12.8 Å². The van der Waals surface area contributed by atoms with Crippen LogP contribution in [0.15, 0.2) is 79.4 Å². The maximum absolute atomic E-state index is 4.69. The Morgan fingerprint density at radius 3 is 2.68 bits per heavy atom. The van der Waals surface area contributed by atoms with Crippen LogP contribution in [0.5, 0.6) is 0 Å². The fourth-order valence-corrected chi connectivity index (χ4v) is 5.88. The van der Waals surface area contributed by atoms with Crippen LogP contribution in [-0.4, -0.2) is 14.4 Å². The quantitative estimate of drug-likeness (QED) is 0.287. The zero-order valence-corrected chi connectivity index (χ0v) is 16.8. The molecule has 0 radical (unpaired) electrons. The minimum absolute atomic E-state index is 0.992. The summed E-state index contributed by atoms with van der Waals surface area (Å²) >= 11 is 0. The largest absolute Gasteiger partial charge is 0.298 e. The van der Waals surface area contributed by atoms with E-state index in [2.05, 4.69) is 64.0 Å². The van der Waals surface area contributed by atoms with Crippen LogP contribution >= 0.6 is 0 Å². The molecule has 0 bridgehead atoms. The van der Waals surface area contributed by atoms with E-state index in [-0.39, 0.29) is 0 Å². The number of hydrogen-bond acceptors (Lipinski definition) is 2. The third-order valence-electron chi connectivity index (χ3n) is 7.20. The number of benzene rings is 3. The Kier molecular flexibility index (Phi) is 2.74. The molecule has 144 valence electrons. The molecular formula is C28H17N3. The highest BCUT2D eigenvalue weighted by Crippen LogP contribution is 2.49. The molecule has 0 saturated carbocycles. The van der Waals surface area contributed by atoms with Crippen molar-refractivity contribution in [2.75, 3.05) is 0 Å². The molecule has 8 rings (SSSR count). The minimum atomic E-state index is 0.992. The molecule has 0 N–H and O–H groups in total. The van der Waals surface area contributed by atoms with Gasteiger partial charge in [0.15, 0.2) is 0 Å². The number of aromatic nitrogens is 3. The first-order valence-corrected chi connectivity index (χ1v) is 10.8. The SMILES string of the molecule is c1ccc2c(c1)Cc1c-2ccc2c1-c1cc3c4ccncc4n4ccnc4c3cc1C2. The molecule has 0 atom stereocenters. The van der Waals surface area contributed by atoms with E-state index in [1.807, 2.05) is 24.8 Å². The summed E-state index contributed by atoms with van der Waals surface area (Å²) in [5, 5.41) is 3.70. The summed E-state index contributed by atoms with van der Waals surface area (Å²) in [7, 11) is 0. The van der Waals surface area contributed by atoms with Crippen LogP contribution in [0.2, 0.25) is 0 Å². The molecule has 0 amide bonds.